The van der Waals surface area contributed by atoms with Gasteiger partial charge >= 0.3 is 12.5 Å². The standard InChI is InChI=1S/C17H25F3N4O3.HI/c1-4-26-16(25)24-13(9-11(2)3)10-22-15(21)23-12-5-7-14(8-6-12)27-17(18,19)20;/h5-8,11,13H,4,9-10H2,1-3H3,(H,24,25)(H3,21,22,23);1H. The molecule has 1 aromatic rings. The lowest BCUT2D eigenvalue weighted by atomic mass is 10.0. The number of benzene rings is 1. The third-order valence-electron chi connectivity index (χ3n) is 3.20. The lowest BCUT2D eigenvalue weighted by Gasteiger charge is -2.18. The molecule has 1 unspecified atom stereocenters. The number of hydrogen-bond acceptors (Lipinski definition) is 4. The smallest absolute Gasteiger partial charge is 0.450 e. The summed E-state index contributed by atoms with van der Waals surface area (Å²) in [7, 11) is 0. The predicted octanol–water partition coefficient (Wildman–Crippen LogP) is 4.09. The van der Waals surface area contributed by atoms with Crippen LogP contribution in [-0.4, -0.2) is 37.6 Å². The molecule has 0 radical (unpaired) electrons. The molecule has 4 N–H and O–H groups in total. The van der Waals surface area contributed by atoms with E-state index in [0.717, 1.165) is 12.1 Å². The van der Waals surface area contributed by atoms with E-state index >= 15 is 0 Å². The van der Waals surface area contributed by atoms with Crippen LogP contribution in [-0.2, 0) is 4.74 Å². The van der Waals surface area contributed by atoms with Gasteiger partial charge in [0.2, 0.25) is 0 Å². The predicted molar refractivity (Wildman–Crippen MR) is 112 cm³/mol. The van der Waals surface area contributed by atoms with Crippen molar-refractivity contribution in [2.24, 2.45) is 16.6 Å². The average Bonchev–Trinajstić information content (AvgIpc) is 2.53. The summed E-state index contributed by atoms with van der Waals surface area (Å²) in [6, 6.07) is 4.82. The molecule has 0 spiro atoms. The number of aliphatic imine (C=N–C) groups is 1. The Labute approximate surface area is 179 Å². The van der Waals surface area contributed by atoms with Crippen molar-refractivity contribution in [1.29, 1.82) is 0 Å². The van der Waals surface area contributed by atoms with Gasteiger partial charge in [-0.1, -0.05) is 13.8 Å². The van der Waals surface area contributed by atoms with Gasteiger partial charge in [-0.2, -0.15) is 0 Å². The summed E-state index contributed by atoms with van der Waals surface area (Å²) < 4.78 is 45.1. The van der Waals surface area contributed by atoms with E-state index in [-0.39, 0.29) is 54.9 Å². The molecule has 1 atom stereocenters. The van der Waals surface area contributed by atoms with Gasteiger partial charge in [0.15, 0.2) is 5.96 Å². The van der Waals surface area contributed by atoms with E-state index in [2.05, 4.69) is 20.4 Å². The van der Waals surface area contributed by atoms with Crippen LogP contribution < -0.4 is 21.1 Å². The fraction of sp³-hybridized carbons (Fsp3) is 0.529. The SMILES string of the molecule is CCOC(=O)NC(CN=C(N)Nc1ccc(OC(F)(F)F)cc1)CC(C)C.I. The minimum Gasteiger partial charge on any atom is -0.450 e. The van der Waals surface area contributed by atoms with Crippen molar-refractivity contribution in [3.05, 3.63) is 24.3 Å². The Morgan fingerprint density at radius 1 is 1.25 bits per heavy atom. The number of ether oxygens (including phenoxy) is 2. The first-order valence-corrected chi connectivity index (χ1v) is 8.45. The van der Waals surface area contributed by atoms with E-state index in [1.165, 1.54) is 12.1 Å². The molecule has 0 fully saturated rings. The van der Waals surface area contributed by atoms with Crippen molar-refractivity contribution in [3.8, 4) is 5.75 Å². The number of carbonyl (C=O) groups excluding carboxylic acids is 1. The number of nitrogens with zero attached hydrogens (tertiary/aromatic N) is 1. The zero-order valence-electron chi connectivity index (χ0n) is 15.9. The summed E-state index contributed by atoms with van der Waals surface area (Å²) in [4.78, 5) is 15.8. The fourth-order valence-corrected chi connectivity index (χ4v) is 2.22. The Bertz CT molecular complexity index is 625. The maximum Gasteiger partial charge on any atom is 0.573 e. The second-order valence-corrected chi connectivity index (χ2v) is 6.11. The summed E-state index contributed by atoms with van der Waals surface area (Å²) in [5.41, 5.74) is 6.25. The number of nitrogens with two attached hydrogens (primary N) is 1. The quantitative estimate of drug-likeness (QED) is 0.274. The number of hydrogen-bond donors (Lipinski definition) is 3. The van der Waals surface area contributed by atoms with Gasteiger partial charge in [0, 0.05) is 5.69 Å². The zero-order valence-corrected chi connectivity index (χ0v) is 18.2. The first kappa shape index (κ1) is 26.1. The molecule has 28 heavy (non-hydrogen) atoms. The number of carbonyl (C=O) groups is 1. The van der Waals surface area contributed by atoms with E-state index in [4.69, 9.17) is 10.5 Å². The Hall–Kier alpha value is -1.92. The van der Waals surface area contributed by atoms with Crippen LogP contribution in [0.1, 0.15) is 27.2 Å². The number of rotatable bonds is 8. The molecule has 160 valence electrons. The summed E-state index contributed by atoms with van der Waals surface area (Å²) >= 11 is 0. The van der Waals surface area contributed by atoms with Crippen LogP contribution in [0.5, 0.6) is 5.75 Å². The molecule has 7 nitrogen and oxygen atoms in total. The minimum atomic E-state index is -4.74. The van der Waals surface area contributed by atoms with Crippen molar-refractivity contribution in [2.45, 2.75) is 39.6 Å². The lowest BCUT2D eigenvalue weighted by Crippen LogP contribution is -2.39. The van der Waals surface area contributed by atoms with Gasteiger partial charge in [0.1, 0.15) is 5.75 Å². The maximum absolute atomic E-state index is 12.1. The molecule has 11 heteroatoms. The summed E-state index contributed by atoms with van der Waals surface area (Å²) in [6.07, 6.45) is -4.59. The van der Waals surface area contributed by atoms with E-state index < -0.39 is 12.5 Å². The highest BCUT2D eigenvalue weighted by Gasteiger charge is 2.30. The molecule has 0 aliphatic heterocycles. The van der Waals surface area contributed by atoms with Gasteiger partial charge in [-0.15, -0.1) is 37.1 Å². The average molecular weight is 518 g/mol. The van der Waals surface area contributed by atoms with Crippen molar-refractivity contribution in [2.75, 3.05) is 18.5 Å². The molecule has 0 bridgehead atoms. The molecular formula is C17H26F3IN4O3. The molecule has 0 aliphatic carbocycles. The maximum atomic E-state index is 12.1. The first-order valence-electron chi connectivity index (χ1n) is 8.45. The minimum absolute atomic E-state index is 0. The number of halogens is 4. The number of amides is 1. The van der Waals surface area contributed by atoms with Crippen molar-refractivity contribution >= 4 is 41.7 Å². The van der Waals surface area contributed by atoms with Crippen LogP contribution >= 0.6 is 24.0 Å². The van der Waals surface area contributed by atoms with Crippen LogP contribution in [0.4, 0.5) is 23.7 Å². The van der Waals surface area contributed by atoms with E-state index in [0.29, 0.717) is 18.0 Å². The normalized spacial score (nSPS) is 12.8. The molecular weight excluding hydrogens is 492 g/mol. The highest BCUT2D eigenvalue weighted by Crippen LogP contribution is 2.23. The van der Waals surface area contributed by atoms with Crippen LogP contribution in [0.3, 0.4) is 0 Å². The molecule has 0 saturated carbocycles. The first-order chi connectivity index (χ1) is 12.6. The van der Waals surface area contributed by atoms with Crippen LogP contribution in [0.15, 0.2) is 29.3 Å². The summed E-state index contributed by atoms with van der Waals surface area (Å²) in [5, 5.41) is 5.49. The molecule has 1 amide bonds. The molecule has 1 aromatic carbocycles. The van der Waals surface area contributed by atoms with Crippen molar-refractivity contribution in [1.82, 2.24) is 5.32 Å². The molecule has 0 heterocycles. The number of guanidine groups is 1. The second-order valence-electron chi connectivity index (χ2n) is 6.11. The van der Waals surface area contributed by atoms with Gasteiger partial charge in [0.05, 0.1) is 19.2 Å². The highest BCUT2D eigenvalue weighted by molar-refractivity contribution is 14.0. The molecule has 1 rings (SSSR count). The summed E-state index contributed by atoms with van der Waals surface area (Å²) in [6.45, 7) is 6.22. The largest absolute Gasteiger partial charge is 0.573 e. The van der Waals surface area contributed by atoms with Gasteiger partial charge in [0.25, 0.3) is 0 Å². The van der Waals surface area contributed by atoms with Crippen molar-refractivity contribution < 1.29 is 27.4 Å². The van der Waals surface area contributed by atoms with Crippen LogP contribution in [0, 0.1) is 5.92 Å². The monoisotopic (exact) mass is 518 g/mol. The van der Waals surface area contributed by atoms with Gasteiger partial charge < -0.3 is 25.8 Å². The topological polar surface area (TPSA) is 98.0 Å². The second kappa shape index (κ2) is 12.5. The van der Waals surface area contributed by atoms with Crippen LogP contribution in [0.25, 0.3) is 0 Å². The highest BCUT2D eigenvalue weighted by atomic mass is 127. The number of nitrogens with one attached hydrogen (secondary N) is 2. The zero-order chi connectivity index (χ0) is 20.4. The molecule has 0 saturated heterocycles. The fourth-order valence-electron chi connectivity index (χ4n) is 2.22. The summed E-state index contributed by atoms with van der Waals surface area (Å²) in [5.74, 6) is 0.0561. The molecule has 0 aromatic heterocycles. The molecule has 0 aliphatic rings. The number of alkyl carbamates (subject to hydrolysis) is 1. The van der Waals surface area contributed by atoms with Gasteiger partial charge in [-0.05, 0) is 43.5 Å². The van der Waals surface area contributed by atoms with E-state index in [1.807, 2.05) is 13.8 Å². The van der Waals surface area contributed by atoms with Gasteiger partial charge in [-0.3, -0.25) is 4.99 Å². The number of alkyl halides is 3. The van der Waals surface area contributed by atoms with Crippen LogP contribution in [0.2, 0.25) is 0 Å². The Kier molecular flexibility index (Phi) is 11.7. The Morgan fingerprint density at radius 3 is 2.36 bits per heavy atom. The Morgan fingerprint density at radius 2 is 1.86 bits per heavy atom. The van der Waals surface area contributed by atoms with Crippen molar-refractivity contribution in [3.63, 3.8) is 0 Å². The van der Waals surface area contributed by atoms with E-state index in [9.17, 15) is 18.0 Å². The van der Waals surface area contributed by atoms with E-state index in [1.54, 1.807) is 6.92 Å². The third-order valence-corrected chi connectivity index (χ3v) is 3.20. The lowest BCUT2D eigenvalue weighted by molar-refractivity contribution is -0.274. The van der Waals surface area contributed by atoms with Gasteiger partial charge in [-0.25, -0.2) is 4.79 Å². The number of anilines is 1. The third kappa shape index (κ3) is 11.7. The Balaban J connectivity index is 0.00000729.